The van der Waals surface area contributed by atoms with Gasteiger partial charge < -0.3 is 24.3 Å². The molecule has 2 aliphatic rings. The van der Waals surface area contributed by atoms with Crippen molar-refractivity contribution in [3.05, 3.63) is 22.7 Å². The van der Waals surface area contributed by atoms with Crippen LogP contribution >= 0.6 is 11.6 Å². The average molecular weight is 311 g/mol. The average Bonchev–Trinajstić information content (AvgIpc) is 3.10. The van der Waals surface area contributed by atoms with Gasteiger partial charge in [-0.25, -0.2) is 0 Å². The van der Waals surface area contributed by atoms with Gasteiger partial charge in [0.15, 0.2) is 6.10 Å². The van der Waals surface area contributed by atoms with Crippen molar-refractivity contribution in [2.45, 2.75) is 31.3 Å². The van der Waals surface area contributed by atoms with Crippen LogP contribution in [-0.2, 0) is 9.47 Å². The lowest BCUT2D eigenvalue weighted by atomic mass is 10.1. The molecule has 0 saturated carbocycles. The first-order valence-corrected chi connectivity index (χ1v) is 7.23. The molecule has 0 amide bonds. The quantitative estimate of drug-likeness (QED) is 0.877. The Bertz CT molecular complexity index is 650. The van der Waals surface area contributed by atoms with E-state index in [9.17, 15) is 5.11 Å². The lowest BCUT2D eigenvalue weighted by molar-refractivity contribution is 0.00706. The number of ether oxygens (including phenoxy) is 3. The smallest absolute Gasteiger partial charge is 0.295 e. The van der Waals surface area contributed by atoms with E-state index >= 15 is 0 Å². The van der Waals surface area contributed by atoms with E-state index in [2.05, 4.69) is 9.97 Å². The van der Waals surface area contributed by atoms with Gasteiger partial charge in [-0.05, 0) is 24.6 Å². The number of aromatic nitrogens is 2. The number of aromatic amines is 1. The van der Waals surface area contributed by atoms with E-state index in [-0.39, 0.29) is 24.9 Å². The Morgan fingerprint density at radius 2 is 2.14 bits per heavy atom. The highest BCUT2D eigenvalue weighted by molar-refractivity contribution is 6.32. The molecule has 1 aromatic carbocycles. The van der Waals surface area contributed by atoms with Gasteiger partial charge in [0, 0.05) is 5.02 Å². The zero-order chi connectivity index (χ0) is 14.6. The fourth-order valence-electron chi connectivity index (χ4n) is 2.86. The molecule has 0 radical (unpaired) electrons. The molecule has 0 aliphatic carbocycles. The number of imidazole rings is 1. The molecule has 2 saturated heterocycles. The number of nitrogens with one attached hydrogen (secondary N) is 1. The van der Waals surface area contributed by atoms with Gasteiger partial charge >= 0.3 is 0 Å². The van der Waals surface area contributed by atoms with Gasteiger partial charge in [0.25, 0.3) is 6.01 Å². The van der Waals surface area contributed by atoms with E-state index in [1.165, 1.54) is 0 Å². The molecule has 0 spiro atoms. The maximum Gasteiger partial charge on any atom is 0.295 e. The molecule has 0 bridgehead atoms. The lowest BCUT2D eigenvalue weighted by Gasteiger charge is -2.15. The van der Waals surface area contributed by atoms with Crippen molar-refractivity contribution in [1.82, 2.24) is 9.97 Å². The van der Waals surface area contributed by atoms with Crippen molar-refractivity contribution in [3.63, 3.8) is 0 Å². The molecular weight excluding hydrogens is 296 g/mol. The van der Waals surface area contributed by atoms with E-state index in [0.29, 0.717) is 17.6 Å². The number of hydrogen-bond donors (Lipinski definition) is 2. The molecule has 2 fully saturated rings. The third-order valence-corrected chi connectivity index (χ3v) is 4.39. The Kier molecular flexibility index (Phi) is 3.08. The van der Waals surface area contributed by atoms with Crippen molar-refractivity contribution in [2.24, 2.45) is 0 Å². The van der Waals surface area contributed by atoms with Crippen LogP contribution in [-0.4, -0.2) is 52.7 Å². The third kappa shape index (κ3) is 2.19. The molecule has 4 atom stereocenters. The van der Waals surface area contributed by atoms with Crippen molar-refractivity contribution in [2.75, 3.05) is 13.2 Å². The van der Waals surface area contributed by atoms with E-state index in [1.807, 2.05) is 19.1 Å². The van der Waals surface area contributed by atoms with Crippen LogP contribution < -0.4 is 4.74 Å². The maximum atomic E-state index is 9.71. The van der Waals surface area contributed by atoms with Crippen LogP contribution in [0.3, 0.4) is 0 Å². The Balaban J connectivity index is 1.57. The van der Waals surface area contributed by atoms with Gasteiger partial charge in [0.1, 0.15) is 18.3 Å². The van der Waals surface area contributed by atoms with Crippen LogP contribution in [0, 0.1) is 6.92 Å². The van der Waals surface area contributed by atoms with Crippen molar-refractivity contribution >= 4 is 22.6 Å². The number of rotatable bonds is 2. The number of fused-ring (bicyclic) bond motifs is 2. The van der Waals surface area contributed by atoms with E-state index < -0.39 is 6.10 Å². The summed E-state index contributed by atoms with van der Waals surface area (Å²) in [7, 11) is 0. The van der Waals surface area contributed by atoms with Gasteiger partial charge in [0.2, 0.25) is 0 Å². The van der Waals surface area contributed by atoms with Gasteiger partial charge in [-0.15, -0.1) is 0 Å². The third-order valence-electron chi connectivity index (χ3n) is 3.99. The molecule has 2 aromatic rings. The molecule has 21 heavy (non-hydrogen) atoms. The van der Waals surface area contributed by atoms with Crippen LogP contribution in [0.2, 0.25) is 5.02 Å². The summed E-state index contributed by atoms with van der Waals surface area (Å²) >= 11 is 6.10. The highest BCUT2D eigenvalue weighted by Gasteiger charge is 2.48. The summed E-state index contributed by atoms with van der Waals surface area (Å²) in [6.45, 7) is 2.59. The first kappa shape index (κ1) is 13.3. The Labute approximate surface area is 126 Å². The first-order chi connectivity index (χ1) is 10.1. The number of aryl methyl sites for hydroxylation is 1. The minimum Gasteiger partial charge on any atom is -0.456 e. The summed E-state index contributed by atoms with van der Waals surface area (Å²) in [4.78, 5) is 7.49. The van der Waals surface area contributed by atoms with Crippen LogP contribution in [0.15, 0.2) is 12.1 Å². The molecule has 4 rings (SSSR count). The number of benzene rings is 1. The standard InChI is InChI=1S/C14H15ClN2O4/c1-6-2-8-9(3-7(6)15)17-14(16-8)21-11-5-20-12-10(18)4-19-13(11)12/h2-3,10-13,18H,4-5H2,1H3,(H,16,17)/t10-,11-,12-,13-/m1/s1. The summed E-state index contributed by atoms with van der Waals surface area (Å²) in [5.41, 5.74) is 2.59. The van der Waals surface area contributed by atoms with Crippen molar-refractivity contribution in [3.8, 4) is 6.01 Å². The fourth-order valence-corrected chi connectivity index (χ4v) is 3.02. The number of hydrogen-bond acceptors (Lipinski definition) is 5. The van der Waals surface area contributed by atoms with Crippen LogP contribution in [0.25, 0.3) is 11.0 Å². The second-order valence-electron chi connectivity index (χ2n) is 5.48. The Morgan fingerprint density at radius 3 is 3.00 bits per heavy atom. The highest BCUT2D eigenvalue weighted by atomic mass is 35.5. The van der Waals surface area contributed by atoms with E-state index in [1.54, 1.807) is 0 Å². The summed E-state index contributed by atoms with van der Waals surface area (Å²) in [6.07, 6.45) is -1.42. The van der Waals surface area contributed by atoms with E-state index in [4.69, 9.17) is 25.8 Å². The van der Waals surface area contributed by atoms with Crippen LogP contribution in [0.4, 0.5) is 0 Å². The Hall–Kier alpha value is -1.34. The molecule has 3 heterocycles. The molecule has 2 aliphatic heterocycles. The molecule has 0 unspecified atom stereocenters. The maximum absolute atomic E-state index is 9.71. The SMILES string of the molecule is Cc1cc2nc(O[C@@H]3CO[C@H]4[C@@H]3OC[C@H]4O)[nH]c2cc1Cl. The molecule has 1 aromatic heterocycles. The van der Waals surface area contributed by atoms with Crippen LogP contribution in [0.5, 0.6) is 6.01 Å². The monoisotopic (exact) mass is 310 g/mol. The minimum absolute atomic E-state index is 0.251. The predicted octanol–water partition coefficient (Wildman–Crippen LogP) is 1.43. The summed E-state index contributed by atoms with van der Waals surface area (Å²) in [5.74, 6) is 0. The number of halogens is 1. The number of H-pyrrole nitrogens is 1. The van der Waals surface area contributed by atoms with Gasteiger partial charge in [0.05, 0.1) is 24.2 Å². The molecule has 7 heteroatoms. The predicted molar refractivity (Wildman–Crippen MR) is 75.7 cm³/mol. The number of aliphatic hydroxyl groups excluding tert-OH is 1. The molecular formula is C14H15ClN2O4. The topological polar surface area (TPSA) is 76.6 Å². The van der Waals surface area contributed by atoms with Gasteiger partial charge in [-0.1, -0.05) is 11.6 Å². The minimum atomic E-state index is -0.583. The zero-order valence-electron chi connectivity index (χ0n) is 11.4. The summed E-state index contributed by atoms with van der Waals surface area (Å²) in [5, 5.41) is 10.4. The lowest BCUT2D eigenvalue weighted by Crippen LogP contribution is -2.34. The highest BCUT2D eigenvalue weighted by Crippen LogP contribution is 2.30. The normalized spacial score (nSPS) is 31.8. The zero-order valence-corrected chi connectivity index (χ0v) is 12.1. The number of nitrogens with zero attached hydrogens (tertiary/aromatic N) is 1. The van der Waals surface area contributed by atoms with Gasteiger partial charge in [-0.3, -0.25) is 0 Å². The second-order valence-corrected chi connectivity index (χ2v) is 5.89. The summed E-state index contributed by atoms with van der Waals surface area (Å²) < 4.78 is 16.9. The second kappa shape index (κ2) is 4.84. The van der Waals surface area contributed by atoms with Crippen molar-refractivity contribution in [1.29, 1.82) is 0 Å². The number of aliphatic hydroxyl groups is 1. The largest absolute Gasteiger partial charge is 0.456 e. The molecule has 2 N–H and O–H groups in total. The summed E-state index contributed by atoms with van der Waals surface area (Å²) in [6, 6.07) is 4.15. The molecule has 112 valence electrons. The first-order valence-electron chi connectivity index (χ1n) is 6.85. The fraction of sp³-hybridized carbons (Fsp3) is 0.500. The van der Waals surface area contributed by atoms with Crippen LogP contribution in [0.1, 0.15) is 5.56 Å². The molecule has 6 nitrogen and oxygen atoms in total. The van der Waals surface area contributed by atoms with Gasteiger partial charge in [-0.2, -0.15) is 4.98 Å². The van der Waals surface area contributed by atoms with E-state index in [0.717, 1.165) is 16.6 Å². The van der Waals surface area contributed by atoms with Crippen molar-refractivity contribution < 1.29 is 19.3 Å². The Morgan fingerprint density at radius 1 is 1.33 bits per heavy atom.